The lowest BCUT2D eigenvalue weighted by molar-refractivity contribution is 0.475. The van der Waals surface area contributed by atoms with Gasteiger partial charge in [0.2, 0.25) is 5.89 Å². The van der Waals surface area contributed by atoms with Crippen molar-refractivity contribution in [1.82, 2.24) is 4.98 Å². The van der Waals surface area contributed by atoms with Gasteiger partial charge in [-0.3, -0.25) is 0 Å². The molecular weight excluding hydrogens is 298 g/mol. The first kappa shape index (κ1) is 14.3. The fourth-order valence-corrected chi connectivity index (χ4v) is 2.60. The highest BCUT2D eigenvalue weighted by Gasteiger charge is 2.09. The third-order valence-electron chi connectivity index (χ3n) is 3.90. The number of benzene rings is 3. The van der Waals surface area contributed by atoms with E-state index in [-0.39, 0.29) is 5.75 Å². The summed E-state index contributed by atoms with van der Waals surface area (Å²) in [4.78, 5) is 4.32. The Morgan fingerprint density at radius 1 is 0.625 bits per heavy atom. The zero-order chi connectivity index (χ0) is 16.4. The number of rotatable bonds is 3. The summed E-state index contributed by atoms with van der Waals surface area (Å²) in [7, 11) is 0. The van der Waals surface area contributed by atoms with Gasteiger partial charge >= 0.3 is 0 Å². The molecule has 0 spiro atoms. The maximum Gasteiger partial charge on any atom is 0.226 e. The number of nitrogens with zero attached hydrogens (tertiary/aromatic N) is 1. The molecule has 0 saturated heterocycles. The van der Waals surface area contributed by atoms with Gasteiger partial charge in [0.05, 0.1) is 6.20 Å². The van der Waals surface area contributed by atoms with E-state index in [0.29, 0.717) is 5.89 Å². The minimum Gasteiger partial charge on any atom is -0.508 e. The molecule has 116 valence electrons. The maximum absolute atomic E-state index is 9.36. The van der Waals surface area contributed by atoms with Crippen LogP contribution in [0.1, 0.15) is 0 Å². The molecule has 1 heterocycles. The van der Waals surface area contributed by atoms with Crippen LogP contribution in [0.25, 0.3) is 33.9 Å². The van der Waals surface area contributed by atoms with Crippen LogP contribution in [0.5, 0.6) is 5.75 Å². The van der Waals surface area contributed by atoms with E-state index < -0.39 is 0 Å². The quantitative estimate of drug-likeness (QED) is 0.552. The summed E-state index contributed by atoms with van der Waals surface area (Å²) < 4.78 is 5.85. The van der Waals surface area contributed by atoms with Gasteiger partial charge in [-0.25, -0.2) is 4.98 Å². The second-order valence-corrected chi connectivity index (χ2v) is 5.52. The van der Waals surface area contributed by atoms with Crippen molar-refractivity contribution in [2.24, 2.45) is 0 Å². The highest BCUT2D eigenvalue weighted by molar-refractivity contribution is 5.68. The standard InChI is InChI=1S/C21H15NO2/c23-19-12-10-18(11-13-19)21-22-14-20(24-21)17-8-6-16(7-9-17)15-4-2-1-3-5-15/h1-14,23H. The Hall–Kier alpha value is -3.33. The molecule has 0 amide bonds. The molecule has 0 aliphatic carbocycles. The third-order valence-corrected chi connectivity index (χ3v) is 3.90. The van der Waals surface area contributed by atoms with Crippen LogP contribution < -0.4 is 0 Å². The van der Waals surface area contributed by atoms with Crippen LogP contribution in [0.3, 0.4) is 0 Å². The Morgan fingerprint density at radius 2 is 1.21 bits per heavy atom. The van der Waals surface area contributed by atoms with E-state index in [1.165, 1.54) is 5.56 Å². The fourth-order valence-electron chi connectivity index (χ4n) is 2.60. The molecule has 3 aromatic carbocycles. The summed E-state index contributed by atoms with van der Waals surface area (Å²) >= 11 is 0. The van der Waals surface area contributed by atoms with Gasteiger partial charge in [0, 0.05) is 11.1 Å². The molecule has 0 bridgehead atoms. The molecule has 24 heavy (non-hydrogen) atoms. The predicted molar refractivity (Wildman–Crippen MR) is 94.5 cm³/mol. The minimum atomic E-state index is 0.224. The van der Waals surface area contributed by atoms with Crippen LogP contribution >= 0.6 is 0 Å². The molecule has 0 radical (unpaired) electrons. The smallest absolute Gasteiger partial charge is 0.226 e. The Morgan fingerprint density at radius 3 is 1.92 bits per heavy atom. The number of phenols is 1. The van der Waals surface area contributed by atoms with Crippen LogP contribution in [0.2, 0.25) is 0 Å². The average molecular weight is 313 g/mol. The molecule has 4 rings (SSSR count). The lowest BCUT2D eigenvalue weighted by atomic mass is 10.0. The minimum absolute atomic E-state index is 0.224. The molecule has 3 nitrogen and oxygen atoms in total. The first-order valence-electron chi connectivity index (χ1n) is 7.71. The number of phenolic OH excluding ortho intramolecular Hbond substituents is 1. The van der Waals surface area contributed by atoms with Crippen molar-refractivity contribution in [3.05, 3.63) is 85.1 Å². The summed E-state index contributed by atoms with van der Waals surface area (Å²) in [6.45, 7) is 0. The zero-order valence-electron chi connectivity index (χ0n) is 12.9. The molecule has 0 aliphatic heterocycles. The largest absolute Gasteiger partial charge is 0.508 e. The van der Waals surface area contributed by atoms with E-state index >= 15 is 0 Å². The van der Waals surface area contributed by atoms with Crippen LogP contribution in [-0.4, -0.2) is 10.1 Å². The van der Waals surface area contributed by atoms with Crippen LogP contribution in [0.4, 0.5) is 0 Å². The van der Waals surface area contributed by atoms with Gasteiger partial charge < -0.3 is 9.52 Å². The van der Waals surface area contributed by atoms with E-state index in [9.17, 15) is 5.11 Å². The van der Waals surface area contributed by atoms with Gasteiger partial charge in [-0.15, -0.1) is 0 Å². The summed E-state index contributed by atoms with van der Waals surface area (Å²) in [5.74, 6) is 1.48. The van der Waals surface area contributed by atoms with Crippen molar-refractivity contribution in [3.63, 3.8) is 0 Å². The highest BCUT2D eigenvalue weighted by Crippen LogP contribution is 2.28. The molecule has 1 N–H and O–H groups in total. The number of hydrogen-bond donors (Lipinski definition) is 1. The number of aromatic hydroxyl groups is 1. The first-order chi connectivity index (χ1) is 11.8. The van der Waals surface area contributed by atoms with Crippen molar-refractivity contribution in [1.29, 1.82) is 0 Å². The Balaban J connectivity index is 1.62. The number of hydrogen-bond acceptors (Lipinski definition) is 3. The summed E-state index contributed by atoms with van der Waals surface area (Å²) in [6.07, 6.45) is 1.72. The van der Waals surface area contributed by atoms with Crippen LogP contribution in [-0.2, 0) is 0 Å². The molecule has 1 aromatic heterocycles. The lowest BCUT2D eigenvalue weighted by Gasteiger charge is -2.02. The summed E-state index contributed by atoms with van der Waals surface area (Å²) in [6, 6.07) is 25.3. The van der Waals surface area contributed by atoms with E-state index in [4.69, 9.17) is 4.42 Å². The van der Waals surface area contributed by atoms with Crippen LogP contribution in [0.15, 0.2) is 89.5 Å². The SMILES string of the molecule is Oc1ccc(-c2ncc(-c3ccc(-c4ccccc4)cc3)o2)cc1. The molecule has 3 heteroatoms. The molecule has 0 fully saturated rings. The van der Waals surface area contributed by atoms with Crippen molar-refractivity contribution in [3.8, 4) is 39.7 Å². The highest BCUT2D eigenvalue weighted by atomic mass is 16.4. The second kappa shape index (κ2) is 6.05. The summed E-state index contributed by atoms with van der Waals surface area (Å²) in [5.41, 5.74) is 4.16. The van der Waals surface area contributed by atoms with Gasteiger partial charge in [-0.2, -0.15) is 0 Å². The normalized spacial score (nSPS) is 10.7. The third kappa shape index (κ3) is 2.79. The van der Waals surface area contributed by atoms with Crippen molar-refractivity contribution < 1.29 is 9.52 Å². The molecule has 0 aliphatic rings. The monoisotopic (exact) mass is 313 g/mol. The van der Waals surface area contributed by atoms with E-state index in [2.05, 4.69) is 29.2 Å². The fraction of sp³-hybridized carbons (Fsp3) is 0. The summed E-state index contributed by atoms with van der Waals surface area (Å²) in [5, 5.41) is 9.36. The maximum atomic E-state index is 9.36. The Kier molecular flexibility index (Phi) is 3.60. The van der Waals surface area contributed by atoms with Crippen molar-refractivity contribution in [2.75, 3.05) is 0 Å². The Bertz CT molecular complexity index is 939. The number of oxazole rings is 1. The predicted octanol–water partition coefficient (Wildman–Crippen LogP) is 5.38. The average Bonchev–Trinajstić information content (AvgIpc) is 3.13. The lowest BCUT2D eigenvalue weighted by Crippen LogP contribution is -1.78. The van der Waals surface area contributed by atoms with Crippen LogP contribution in [0, 0.1) is 0 Å². The van der Waals surface area contributed by atoms with Crippen molar-refractivity contribution in [2.45, 2.75) is 0 Å². The molecule has 0 atom stereocenters. The van der Waals surface area contributed by atoms with Gasteiger partial charge in [0.1, 0.15) is 5.75 Å². The van der Waals surface area contributed by atoms with Gasteiger partial charge in [0.15, 0.2) is 5.76 Å². The van der Waals surface area contributed by atoms with E-state index in [0.717, 1.165) is 22.5 Å². The van der Waals surface area contributed by atoms with Gasteiger partial charge in [-0.05, 0) is 35.4 Å². The second-order valence-electron chi connectivity index (χ2n) is 5.52. The molecule has 0 unspecified atom stereocenters. The molecule has 0 saturated carbocycles. The Labute approximate surface area is 139 Å². The topological polar surface area (TPSA) is 46.3 Å². The molecule has 4 aromatic rings. The zero-order valence-corrected chi connectivity index (χ0v) is 12.9. The van der Waals surface area contributed by atoms with Crippen molar-refractivity contribution >= 4 is 0 Å². The molecular formula is C21H15NO2. The number of aromatic nitrogens is 1. The van der Waals surface area contributed by atoms with Gasteiger partial charge in [0.25, 0.3) is 0 Å². The van der Waals surface area contributed by atoms with Gasteiger partial charge in [-0.1, -0.05) is 54.6 Å². The van der Waals surface area contributed by atoms with E-state index in [1.54, 1.807) is 30.5 Å². The van der Waals surface area contributed by atoms with E-state index in [1.807, 2.05) is 30.3 Å². The first-order valence-corrected chi connectivity index (χ1v) is 7.71.